The van der Waals surface area contributed by atoms with Gasteiger partial charge in [0, 0.05) is 26.3 Å². The Kier molecular flexibility index (Phi) is 3.02. The van der Waals surface area contributed by atoms with Crippen molar-refractivity contribution in [2.45, 2.75) is 13.5 Å². The second-order valence-corrected chi connectivity index (χ2v) is 4.49. The molecule has 0 bridgehead atoms. The lowest BCUT2D eigenvalue weighted by molar-refractivity contribution is 0.704. The molecule has 0 atom stereocenters. The van der Waals surface area contributed by atoms with Gasteiger partial charge in [0.25, 0.3) is 5.56 Å². The van der Waals surface area contributed by atoms with Crippen LogP contribution in [0.25, 0.3) is 10.9 Å². The van der Waals surface area contributed by atoms with Gasteiger partial charge in [0.05, 0.1) is 10.9 Å². The molecule has 4 nitrogen and oxygen atoms in total. The zero-order valence-corrected chi connectivity index (χ0v) is 11.0. The van der Waals surface area contributed by atoms with E-state index in [-0.39, 0.29) is 5.56 Å². The van der Waals surface area contributed by atoms with Crippen molar-refractivity contribution in [2.75, 3.05) is 19.0 Å². The minimum atomic E-state index is -0.0325. The van der Waals surface area contributed by atoms with E-state index in [0.717, 1.165) is 11.2 Å². The smallest absolute Gasteiger partial charge is 0.262 e. The number of nitrogens with one attached hydrogen (secondary N) is 1. The normalized spacial score (nSPS) is 10.8. The van der Waals surface area contributed by atoms with Crippen LogP contribution in [0, 0.1) is 4.77 Å². The quantitative estimate of drug-likeness (QED) is 0.829. The van der Waals surface area contributed by atoms with Gasteiger partial charge in [0.15, 0.2) is 4.77 Å². The highest BCUT2D eigenvalue weighted by molar-refractivity contribution is 7.71. The summed E-state index contributed by atoms with van der Waals surface area (Å²) in [7, 11) is 3.90. The predicted octanol–water partition coefficient (Wildman–Crippen LogP) is 2.14. The van der Waals surface area contributed by atoms with Crippen LogP contribution in [0.5, 0.6) is 0 Å². The maximum absolute atomic E-state index is 12.2. The number of hydrogen-bond donors (Lipinski definition) is 1. The lowest BCUT2D eigenvalue weighted by atomic mass is 10.2. The van der Waals surface area contributed by atoms with E-state index in [1.54, 1.807) is 4.57 Å². The maximum Gasteiger partial charge on any atom is 0.262 e. The Morgan fingerprint density at radius 1 is 1.41 bits per heavy atom. The molecule has 1 N–H and O–H groups in total. The number of hydrogen-bond acceptors (Lipinski definition) is 3. The first-order valence-corrected chi connectivity index (χ1v) is 5.89. The Morgan fingerprint density at radius 2 is 2.12 bits per heavy atom. The minimum Gasteiger partial charge on any atom is -0.378 e. The van der Waals surface area contributed by atoms with Crippen LogP contribution in [-0.4, -0.2) is 23.6 Å². The molecular weight excluding hydrogens is 234 g/mol. The molecule has 0 aliphatic carbocycles. The zero-order valence-electron chi connectivity index (χ0n) is 10.2. The second-order valence-electron chi connectivity index (χ2n) is 4.10. The van der Waals surface area contributed by atoms with Crippen molar-refractivity contribution in [1.82, 2.24) is 9.55 Å². The summed E-state index contributed by atoms with van der Waals surface area (Å²) < 4.78 is 2.04. The highest BCUT2D eigenvalue weighted by atomic mass is 32.1. The van der Waals surface area contributed by atoms with Gasteiger partial charge in [0.2, 0.25) is 0 Å². The third-order valence-electron chi connectivity index (χ3n) is 2.80. The van der Waals surface area contributed by atoms with Crippen LogP contribution < -0.4 is 10.5 Å². The monoisotopic (exact) mass is 249 g/mol. The Morgan fingerprint density at radius 3 is 2.71 bits per heavy atom. The van der Waals surface area contributed by atoms with Gasteiger partial charge in [-0.2, -0.15) is 0 Å². The van der Waals surface area contributed by atoms with Crippen LogP contribution >= 0.6 is 12.2 Å². The van der Waals surface area contributed by atoms with Gasteiger partial charge in [-0.05, 0) is 37.3 Å². The van der Waals surface area contributed by atoms with E-state index < -0.39 is 0 Å². The number of benzene rings is 1. The third kappa shape index (κ3) is 1.98. The van der Waals surface area contributed by atoms with Gasteiger partial charge in [-0.25, -0.2) is 0 Å². The topological polar surface area (TPSA) is 41.0 Å². The summed E-state index contributed by atoms with van der Waals surface area (Å²) in [5, 5.41) is 0.673. The summed E-state index contributed by atoms with van der Waals surface area (Å²) in [6, 6.07) is 5.74. The zero-order chi connectivity index (χ0) is 12.6. The molecule has 0 radical (unpaired) electrons. The molecule has 90 valence electrons. The fourth-order valence-electron chi connectivity index (χ4n) is 1.80. The SMILES string of the molecule is CCn1c(=S)[nH]c2ccc(N(C)C)cc2c1=O. The van der Waals surface area contributed by atoms with Gasteiger partial charge < -0.3 is 9.88 Å². The molecule has 0 aliphatic heterocycles. The van der Waals surface area contributed by atoms with Gasteiger partial charge in [-0.15, -0.1) is 0 Å². The summed E-state index contributed by atoms with van der Waals surface area (Å²) in [5.41, 5.74) is 1.76. The number of H-pyrrole nitrogens is 1. The van der Waals surface area contributed by atoms with Crippen molar-refractivity contribution in [3.63, 3.8) is 0 Å². The lowest BCUT2D eigenvalue weighted by Crippen LogP contribution is -2.21. The number of nitrogens with zero attached hydrogens (tertiary/aromatic N) is 2. The fraction of sp³-hybridized carbons (Fsp3) is 0.333. The number of anilines is 1. The number of rotatable bonds is 2. The molecule has 0 aliphatic rings. The van der Waals surface area contributed by atoms with Gasteiger partial charge in [-0.3, -0.25) is 9.36 Å². The Balaban J connectivity index is 2.85. The van der Waals surface area contributed by atoms with Crippen molar-refractivity contribution < 1.29 is 0 Å². The minimum absolute atomic E-state index is 0.0325. The van der Waals surface area contributed by atoms with E-state index in [0.29, 0.717) is 16.7 Å². The first-order chi connectivity index (χ1) is 8.04. The molecule has 2 aromatic rings. The summed E-state index contributed by atoms with van der Waals surface area (Å²) in [4.78, 5) is 17.3. The van der Waals surface area contributed by atoms with Crippen molar-refractivity contribution in [3.05, 3.63) is 33.3 Å². The maximum atomic E-state index is 12.2. The van der Waals surface area contributed by atoms with Crippen LogP contribution in [-0.2, 0) is 6.54 Å². The Labute approximate surface area is 105 Å². The largest absolute Gasteiger partial charge is 0.378 e. The molecule has 2 rings (SSSR count). The molecule has 1 aromatic heterocycles. The Bertz CT molecular complexity index is 669. The predicted molar refractivity (Wildman–Crippen MR) is 73.4 cm³/mol. The van der Waals surface area contributed by atoms with Crippen molar-refractivity contribution in [1.29, 1.82) is 0 Å². The molecule has 0 saturated carbocycles. The molecular formula is C12H15N3OS. The average molecular weight is 249 g/mol. The first-order valence-electron chi connectivity index (χ1n) is 5.48. The van der Waals surface area contributed by atoms with Crippen molar-refractivity contribution in [3.8, 4) is 0 Å². The van der Waals surface area contributed by atoms with Crippen LogP contribution in [0.15, 0.2) is 23.0 Å². The molecule has 0 saturated heterocycles. The number of aromatic amines is 1. The Hall–Kier alpha value is -1.62. The number of fused-ring (bicyclic) bond motifs is 1. The van der Waals surface area contributed by atoms with E-state index in [9.17, 15) is 4.79 Å². The van der Waals surface area contributed by atoms with Crippen molar-refractivity contribution in [2.24, 2.45) is 0 Å². The van der Waals surface area contributed by atoms with Crippen LogP contribution in [0.1, 0.15) is 6.92 Å². The summed E-state index contributed by atoms with van der Waals surface area (Å²) in [6.07, 6.45) is 0. The molecule has 5 heteroatoms. The standard InChI is InChI=1S/C12H15N3OS/c1-4-15-11(16)9-7-8(14(2)3)5-6-10(9)13-12(15)17/h5-7H,4H2,1-3H3,(H,13,17). The summed E-state index contributed by atoms with van der Waals surface area (Å²) in [6.45, 7) is 2.49. The van der Waals surface area contributed by atoms with Crippen LogP contribution in [0.3, 0.4) is 0 Å². The van der Waals surface area contributed by atoms with Gasteiger partial charge in [-0.1, -0.05) is 0 Å². The van der Waals surface area contributed by atoms with Gasteiger partial charge >= 0.3 is 0 Å². The second kappa shape index (κ2) is 4.33. The first kappa shape index (κ1) is 11.9. The van der Waals surface area contributed by atoms with Crippen molar-refractivity contribution >= 4 is 28.8 Å². The highest BCUT2D eigenvalue weighted by Gasteiger charge is 2.05. The molecule has 1 aromatic carbocycles. The highest BCUT2D eigenvalue weighted by Crippen LogP contribution is 2.16. The van der Waals surface area contributed by atoms with Crippen LogP contribution in [0.4, 0.5) is 5.69 Å². The third-order valence-corrected chi connectivity index (χ3v) is 3.12. The molecule has 0 fully saturated rings. The summed E-state index contributed by atoms with van der Waals surface area (Å²) >= 11 is 5.15. The fourth-order valence-corrected chi connectivity index (χ4v) is 2.13. The summed E-state index contributed by atoms with van der Waals surface area (Å²) in [5.74, 6) is 0. The average Bonchev–Trinajstić information content (AvgIpc) is 2.29. The molecule has 0 amide bonds. The van der Waals surface area contributed by atoms with E-state index in [1.807, 2.05) is 44.1 Å². The van der Waals surface area contributed by atoms with Gasteiger partial charge in [0.1, 0.15) is 0 Å². The van der Waals surface area contributed by atoms with E-state index in [4.69, 9.17) is 12.2 Å². The van der Waals surface area contributed by atoms with E-state index in [1.165, 1.54) is 0 Å². The lowest BCUT2D eigenvalue weighted by Gasteiger charge is -2.13. The molecule has 0 spiro atoms. The van der Waals surface area contributed by atoms with E-state index >= 15 is 0 Å². The molecule has 0 unspecified atom stereocenters. The molecule has 1 heterocycles. The number of aromatic nitrogens is 2. The van der Waals surface area contributed by atoms with Crippen LogP contribution in [0.2, 0.25) is 0 Å². The van der Waals surface area contributed by atoms with E-state index in [2.05, 4.69) is 4.98 Å². The molecule has 17 heavy (non-hydrogen) atoms.